The minimum atomic E-state index is 0. The van der Waals surface area contributed by atoms with Gasteiger partial charge in [0.2, 0.25) is 11.8 Å². The Balaban J connectivity index is 0.00000243. The molecule has 2 aliphatic rings. The summed E-state index contributed by atoms with van der Waals surface area (Å²) in [6.45, 7) is 6.17. The summed E-state index contributed by atoms with van der Waals surface area (Å²) in [5.74, 6) is 0.200. The minimum absolute atomic E-state index is 0. The molecule has 0 unspecified atom stereocenters. The third-order valence-corrected chi connectivity index (χ3v) is 4.85. The molecule has 3 N–H and O–H groups in total. The van der Waals surface area contributed by atoms with Crippen LogP contribution in [0.15, 0.2) is 18.2 Å². The third kappa shape index (κ3) is 6.27. The van der Waals surface area contributed by atoms with E-state index in [-0.39, 0.29) is 24.2 Å². The largest absolute Gasteiger partial charge is 0.356 e. The number of rotatable bonds is 8. The van der Waals surface area contributed by atoms with Crippen molar-refractivity contribution in [3.05, 3.63) is 29.3 Å². The van der Waals surface area contributed by atoms with Crippen molar-refractivity contribution in [1.82, 2.24) is 15.5 Å². The van der Waals surface area contributed by atoms with Gasteiger partial charge in [-0.2, -0.15) is 0 Å². The lowest BCUT2D eigenvalue weighted by atomic mass is 10.0. The summed E-state index contributed by atoms with van der Waals surface area (Å²) >= 11 is 0. The van der Waals surface area contributed by atoms with E-state index in [9.17, 15) is 9.59 Å². The predicted molar refractivity (Wildman–Crippen MR) is 106 cm³/mol. The van der Waals surface area contributed by atoms with E-state index in [2.05, 4.69) is 26.9 Å². The number of aryl methyl sites for hydroxylation is 1. The number of anilines is 1. The molecule has 1 saturated heterocycles. The van der Waals surface area contributed by atoms with Gasteiger partial charge in [-0.1, -0.05) is 12.1 Å². The molecule has 7 heteroatoms. The number of amides is 2. The summed E-state index contributed by atoms with van der Waals surface area (Å²) in [7, 11) is 0. The minimum Gasteiger partial charge on any atom is -0.356 e. The molecule has 2 heterocycles. The smallest absolute Gasteiger partial charge is 0.228 e. The zero-order valence-corrected chi connectivity index (χ0v) is 16.0. The lowest BCUT2D eigenvalue weighted by molar-refractivity contribution is -0.121. The number of hydrogen-bond acceptors (Lipinski definition) is 4. The number of nitrogens with zero attached hydrogens (tertiary/aromatic N) is 1. The summed E-state index contributed by atoms with van der Waals surface area (Å²) in [5.41, 5.74) is 3.19. The van der Waals surface area contributed by atoms with Crippen LogP contribution in [0, 0.1) is 0 Å². The van der Waals surface area contributed by atoms with Gasteiger partial charge in [-0.15, -0.1) is 12.4 Å². The van der Waals surface area contributed by atoms with E-state index < -0.39 is 0 Å². The van der Waals surface area contributed by atoms with Crippen molar-refractivity contribution in [1.29, 1.82) is 0 Å². The molecule has 2 amide bonds. The second kappa shape index (κ2) is 10.5. The summed E-state index contributed by atoms with van der Waals surface area (Å²) in [4.78, 5) is 25.7. The number of benzene rings is 1. The summed E-state index contributed by atoms with van der Waals surface area (Å²) in [6, 6.07) is 6.08. The quantitative estimate of drug-likeness (QED) is 0.595. The zero-order valence-electron chi connectivity index (χ0n) is 15.2. The molecule has 26 heavy (non-hydrogen) atoms. The Morgan fingerprint density at radius 2 is 2.00 bits per heavy atom. The first-order valence-corrected chi connectivity index (χ1v) is 9.32. The number of piperazine rings is 1. The Labute approximate surface area is 161 Å². The third-order valence-electron chi connectivity index (χ3n) is 4.85. The average Bonchev–Trinajstić information content (AvgIpc) is 2.99. The second-order valence-corrected chi connectivity index (χ2v) is 6.87. The van der Waals surface area contributed by atoms with Crippen molar-refractivity contribution in [2.75, 3.05) is 44.6 Å². The molecule has 3 rings (SSSR count). The van der Waals surface area contributed by atoms with Crippen LogP contribution in [0.3, 0.4) is 0 Å². The van der Waals surface area contributed by atoms with Crippen LogP contribution in [0.5, 0.6) is 0 Å². The lowest BCUT2D eigenvalue weighted by Gasteiger charge is -2.27. The van der Waals surface area contributed by atoms with Gasteiger partial charge in [-0.3, -0.25) is 9.59 Å². The molecule has 1 fully saturated rings. The first kappa shape index (κ1) is 20.7. The molecule has 0 atom stereocenters. The molecule has 144 valence electrons. The van der Waals surface area contributed by atoms with Gasteiger partial charge in [0, 0.05) is 44.8 Å². The van der Waals surface area contributed by atoms with Crippen LogP contribution in [0.4, 0.5) is 5.69 Å². The molecular weight excluding hydrogens is 352 g/mol. The van der Waals surface area contributed by atoms with Crippen LogP contribution in [0.1, 0.15) is 30.4 Å². The van der Waals surface area contributed by atoms with Crippen LogP contribution in [-0.2, 0) is 22.4 Å². The average molecular weight is 381 g/mol. The van der Waals surface area contributed by atoms with Crippen molar-refractivity contribution in [2.24, 2.45) is 0 Å². The number of carbonyl (C=O) groups is 2. The summed E-state index contributed by atoms with van der Waals surface area (Å²) < 4.78 is 0. The van der Waals surface area contributed by atoms with Gasteiger partial charge in [0.1, 0.15) is 0 Å². The van der Waals surface area contributed by atoms with Gasteiger partial charge in [0.05, 0.1) is 6.42 Å². The van der Waals surface area contributed by atoms with E-state index in [0.29, 0.717) is 12.8 Å². The number of nitrogens with one attached hydrogen (secondary N) is 3. The standard InChI is InChI=1S/C19H28N4O2.ClH/c24-18(21-7-2-10-23-11-8-20-9-12-23)4-1-3-15-5-6-17-16(13-15)14-19(25)22-17;/h5-6,13,20H,1-4,7-12,14H2,(H,21,24)(H,22,25);1H. The van der Waals surface area contributed by atoms with Gasteiger partial charge < -0.3 is 20.9 Å². The van der Waals surface area contributed by atoms with Gasteiger partial charge in [0.15, 0.2) is 0 Å². The molecule has 0 saturated carbocycles. The van der Waals surface area contributed by atoms with E-state index in [1.807, 2.05) is 12.1 Å². The maximum absolute atomic E-state index is 11.9. The maximum Gasteiger partial charge on any atom is 0.228 e. The van der Waals surface area contributed by atoms with Crippen molar-refractivity contribution >= 4 is 29.9 Å². The first-order valence-electron chi connectivity index (χ1n) is 9.32. The lowest BCUT2D eigenvalue weighted by Crippen LogP contribution is -2.44. The molecule has 0 spiro atoms. The number of halogens is 1. The van der Waals surface area contributed by atoms with E-state index in [1.165, 1.54) is 5.56 Å². The highest BCUT2D eigenvalue weighted by atomic mass is 35.5. The summed E-state index contributed by atoms with van der Waals surface area (Å²) in [6.07, 6.45) is 3.75. The normalized spacial score (nSPS) is 16.5. The molecule has 0 aromatic heterocycles. The zero-order chi connectivity index (χ0) is 17.5. The number of carbonyl (C=O) groups excluding carboxylic acids is 2. The fourth-order valence-corrected chi connectivity index (χ4v) is 3.44. The Kier molecular flexibility index (Phi) is 8.35. The molecule has 6 nitrogen and oxygen atoms in total. The van der Waals surface area contributed by atoms with Crippen molar-refractivity contribution in [3.63, 3.8) is 0 Å². The topological polar surface area (TPSA) is 73.5 Å². The van der Waals surface area contributed by atoms with E-state index in [0.717, 1.165) is 69.8 Å². The van der Waals surface area contributed by atoms with Crippen molar-refractivity contribution in [2.45, 2.75) is 32.1 Å². The molecule has 2 aliphatic heterocycles. The van der Waals surface area contributed by atoms with Crippen LogP contribution < -0.4 is 16.0 Å². The number of hydrogen-bond donors (Lipinski definition) is 3. The maximum atomic E-state index is 11.9. The highest BCUT2D eigenvalue weighted by molar-refractivity contribution is 5.99. The predicted octanol–water partition coefficient (Wildman–Crippen LogP) is 1.34. The molecule has 1 aromatic carbocycles. The van der Waals surface area contributed by atoms with Crippen molar-refractivity contribution < 1.29 is 9.59 Å². The fourth-order valence-electron chi connectivity index (χ4n) is 3.44. The van der Waals surface area contributed by atoms with E-state index in [4.69, 9.17) is 0 Å². The molecule has 0 aliphatic carbocycles. The second-order valence-electron chi connectivity index (χ2n) is 6.87. The van der Waals surface area contributed by atoms with Gasteiger partial charge in [-0.05, 0) is 43.0 Å². The van der Waals surface area contributed by atoms with Crippen LogP contribution in [0.25, 0.3) is 0 Å². The molecule has 0 bridgehead atoms. The first-order chi connectivity index (χ1) is 12.2. The van der Waals surface area contributed by atoms with Crippen LogP contribution >= 0.6 is 12.4 Å². The van der Waals surface area contributed by atoms with Gasteiger partial charge in [0.25, 0.3) is 0 Å². The SMILES string of the molecule is Cl.O=C(CCCc1ccc2c(c1)CC(=O)N2)NCCCN1CCNCC1. The highest BCUT2D eigenvalue weighted by Gasteiger charge is 2.17. The molecule has 0 radical (unpaired) electrons. The van der Waals surface area contributed by atoms with Crippen LogP contribution in [0.2, 0.25) is 0 Å². The highest BCUT2D eigenvalue weighted by Crippen LogP contribution is 2.24. The van der Waals surface area contributed by atoms with E-state index >= 15 is 0 Å². The fraction of sp³-hybridized carbons (Fsp3) is 0.579. The Hall–Kier alpha value is -1.63. The summed E-state index contributed by atoms with van der Waals surface area (Å²) in [5, 5.41) is 9.21. The molecule has 1 aromatic rings. The van der Waals surface area contributed by atoms with Gasteiger partial charge >= 0.3 is 0 Å². The Morgan fingerprint density at radius 3 is 2.81 bits per heavy atom. The van der Waals surface area contributed by atoms with Crippen LogP contribution in [-0.4, -0.2) is 56.0 Å². The van der Waals surface area contributed by atoms with Gasteiger partial charge in [-0.25, -0.2) is 0 Å². The Bertz CT molecular complexity index is 618. The van der Waals surface area contributed by atoms with E-state index in [1.54, 1.807) is 0 Å². The van der Waals surface area contributed by atoms with Crippen molar-refractivity contribution in [3.8, 4) is 0 Å². The number of fused-ring (bicyclic) bond motifs is 1. The monoisotopic (exact) mass is 380 g/mol. The molecular formula is C19H29ClN4O2. The Morgan fingerprint density at radius 1 is 1.19 bits per heavy atom.